The van der Waals surface area contributed by atoms with Gasteiger partial charge in [-0.15, -0.1) is 0 Å². The molecule has 3 unspecified atom stereocenters. The van der Waals surface area contributed by atoms with E-state index in [-0.39, 0.29) is 0 Å². The van der Waals surface area contributed by atoms with E-state index in [2.05, 4.69) is 31.1 Å². The van der Waals surface area contributed by atoms with Crippen LogP contribution in [0.15, 0.2) is 12.1 Å². The number of phenols is 1. The SMILES string of the molecule is Cc1ccc(O)c2c1C(C)CC2NC1CCN(C)C1. The van der Waals surface area contributed by atoms with Gasteiger partial charge in [0, 0.05) is 24.2 Å². The number of nitrogens with one attached hydrogen (secondary N) is 1. The molecular formula is C16H24N2O. The van der Waals surface area contributed by atoms with E-state index in [9.17, 15) is 5.11 Å². The van der Waals surface area contributed by atoms with Gasteiger partial charge in [0.1, 0.15) is 5.75 Å². The van der Waals surface area contributed by atoms with Gasteiger partial charge in [-0.2, -0.15) is 0 Å². The number of likely N-dealkylation sites (tertiary alicyclic amines) is 1. The number of benzene rings is 1. The van der Waals surface area contributed by atoms with Crippen LogP contribution < -0.4 is 5.32 Å². The van der Waals surface area contributed by atoms with Crippen LogP contribution in [0.2, 0.25) is 0 Å². The van der Waals surface area contributed by atoms with Crippen LogP contribution in [0.25, 0.3) is 0 Å². The van der Waals surface area contributed by atoms with Gasteiger partial charge >= 0.3 is 0 Å². The van der Waals surface area contributed by atoms with Crippen molar-refractivity contribution in [3.63, 3.8) is 0 Å². The molecule has 2 aliphatic rings. The average Bonchev–Trinajstić information content (AvgIpc) is 2.90. The Morgan fingerprint density at radius 3 is 2.79 bits per heavy atom. The van der Waals surface area contributed by atoms with E-state index in [0.29, 0.717) is 23.8 Å². The highest BCUT2D eigenvalue weighted by molar-refractivity contribution is 5.50. The van der Waals surface area contributed by atoms with Crippen molar-refractivity contribution in [2.24, 2.45) is 0 Å². The van der Waals surface area contributed by atoms with E-state index in [1.165, 1.54) is 24.1 Å². The maximum absolute atomic E-state index is 10.2. The molecule has 0 aromatic heterocycles. The van der Waals surface area contributed by atoms with Gasteiger partial charge in [-0.1, -0.05) is 13.0 Å². The van der Waals surface area contributed by atoms with Crippen LogP contribution in [0.5, 0.6) is 5.75 Å². The van der Waals surface area contributed by atoms with Crippen molar-refractivity contribution in [1.29, 1.82) is 0 Å². The Balaban J connectivity index is 1.85. The van der Waals surface area contributed by atoms with E-state index in [1.807, 2.05) is 12.1 Å². The second-order valence-electron chi connectivity index (χ2n) is 6.33. The molecule has 0 bridgehead atoms. The Hall–Kier alpha value is -1.06. The first-order valence-corrected chi connectivity index (χ1v) is 7.33. The summed E-state index contributed by atoms with van der Waals surface area (Å²) in [5, 5.41) is 14.0. The summed E-state index contributed by atoms with van der Waals surface area (Å²) in [6.45, 7) is 6.72. The highest BCUT2D eigenvalue weighted by atomic mass is 16.3. The molecule has 1 fully saturated rings. The molecule has 104 valence electrons. The smallest absolute Gasteiger partial charge is 0.120 e. The monoisotopic (exact) mass is 260 g/mol. The molecule has 0 amide bonds. The fourth-order valence-electron chi connectivity index (χ4n) is 3.85. The van der Waals surface area contributed by atoms with Crippen molar-refractivity contribution in [3.8, 4) is 5.75 Å². The molecule has 1 heterocycles. The maximum Gasteiger partial charge on any atom is 0.120 e. The summed E-state index contributed by atoms with van der Waals surface area (Å²) in [5.41, 5.74) is 3.83. The molecule has 1 aromatic rings. The highest BCUT2D eigenvalue weighted by Gasteiger charge is 2.34. The van der Waals surface area contributed by atoms with E-state index >= 15 is 0 Å². The van der Waals surface area contributed by atoms with Crippen molar-refractivity contribution >= 4 is 0 Å². The molecular weight excluding hydrogens is 236 g/mol. The average molecular weight is 260 g/mol. The van der Waals surface area contributed by atoms with E-state index in [1.54, 1.807) is 0 Å². The number of hydrogen-bond donors (Lipinski definition) is 2. The zero-order valence-corrected chi connectivity index (χ0v) is 12.1. The number of nitrogens with zero attached hydrogens (tertiary/aromatic N) is 1. The van der Waals surface area contributed by atoms with Crippen LogP contribution in [0.4, 0.5) is 0 Å². The van der Waals surface area contributed by atoms with Crippen molar-refractivity contribution in [2.75, 3.05) is 20.1 Å². The molecule has 3 nitrogen and oxygen atoms in total. The summed E-state index contributed by atoms with van der Waals surface area (Å²) in [7, 11) is 2.18. The number of likely N-dealkylation sites (N-methyl/N-ethyl adjacent to an activating group) is 1. The van der Waals surface area contributed by atoms with Gasteiger partial charge in [-0.25, -0.2) is 0 Å². The minimum Gasteiger partial charge on any atom is -0.508 e. The summed E-state index contributed by atoms with van der Waals surface area (Å²) < 4.78 is 0. The van der Waals surface area contributed by atoms with Crippen LogP contribution in [-0.2, 0) is 0 Å². The van der Waals surface area contributed by atoms with Gasteiger partial charge in [-0.3, -0.25) is 0 Å². The lowest BCUT2D eigenvalue weighted by Gasteiger charge is -2.20. The topological polar surface area (TPSA) is 35.5 Å². The Morgan fingerprint density at radius 2 is 2.11 bits per heavy atom. The first-order chi connectivity index (χ1) is 9.06. The molecule has 2 N–H and O–H groups in total. The van der Waals surface area contributed by atoms with Gasteiger partial charge in [0.05, 0.1) is 0 Å². The van der Waals surface area contributed by atoms with E-state index in [0.717, 1.165) is 18.5 Å². The van der Waals surface area contributed by atoms with Gasteiger partial charge in [-0.05, 0) is 56.5 Å². The number of hydrogen-bond acceptors (Lipinski definition) is 3. The van der Waals surface area contributed by atoms with Crippen molar-refractivity contribution in [1.82, 2.24) is 10.2 Å². The quantitative estimate of drug-likeness (QED) is 0.858. The molecule has 1 aliphatic carbocycles. The Bertz CT molecular complexity index is 486. The number of aromatic hydroxyl groups is 1. The van der Waals surface area contributed by atoms with Crippen molar-refractivity contribution < 1.29 is 5.11 Å². The van der Waals surface area contributed by atoms with E-state index < -0.39 is 0 Å². The summed E-state index contributed by atoms with van der Waals surface area (Å²) in [6.07, 6.45) is 2.32. The maximum atomic E-state index is 10.2. The molecule has 0 saturated carbocycles. The van der Waals surface area contributed by atoms with Gasteiger partial charge in [0.25, 0.3) is 0 Å². The summed E-state index contributed by atoms with van der Waals surface area (Å²) in [4.78, 5) is 2.37. The standard InChI is InChI=1S/C16H24N2O/c1-10-4-5-14(19)16-13(8-11(2)15(10)16)17-12-6-7-18(3)9-12/h4-5,11-13,17,19H,6-9H2,1-3H3. The summed E-state index contributed by atoms with van der Waals surface area (Å²) >= 11 is 0. The molecule has 0 radical (unpaired) electrons. The van der Waals surface area contributed by atoms with Gasteiger partial charge < -0.3 is 15.3 Å². The Kier molecular flexibility index (Phi) is 3.27. The van der Waals surface area contributed by atoms with Gasteiger partial charge in [0.15, 0.2) is 0 Å². The molecule has 19 heavy (non-hydrogen) atoms. The molecule has 3 atom stereocenters. The molecule has 0 spiro atoms. The fourth-order valence-corrected chi connectivity index (χ4v) is 3.85. The van der Waals surface area contributed by atoms with E-state index in [4.69, 9.17) is 0 Å². The number of fused-ring (bicyclic) bond motifs is 1. The summed E-state index contributed by atoms with van der Waals surface area (Å²) in [5.74, 6) is 1.01. The summed E-state index contributed by atoms with van der Waals surface area (Å²) in [6, 6.07) is 4.77. The van der Waals surface area contributed by atoms with Crippen LogP contribution >= 0.6 is 0 Å². The second kappa shape index (κ2) is 4.80. The van der Waals surface area contributed by atoms with Crippen molar-refractivity contribution in [3.05, 3.63) is 28.8 Å². The third kappa shape index (κ3) is 2.26. The zero-order valence-electron chi connectivity index (χ0n) is 12.1. The minimum atomic E-state index is 0.321. The molecule has 1 saturated heterocycles. The lowest BCUT2D eigenvalue weighted by molar-refractivity contribution is 0.373. The number of rotatable bonds is 2. The van der Waals surface area contributed by atoms with Crippen molar-refractivity contribution in [2.45, 2.75) is 44.7 Å². The predicted octanol–water partition coefficient (Wildman–Crippen LogP) is 2.54. The fraction of sp³-hybridized carbons (Fsp3) is 0.625. The lowest BCUT2D eigenvalue weighted by atomic mass is 9.97. The second-order valence-corrected chi connectivity index (χ2v) is 6.33. The molecule has 1 aliphatic heterocycles. The first kappa shape index (κ1) is 12.9. The van der Waals surface area contributed by atoms with Crippen LogP contribution in [0, 0.1) is 6.92 Å². The lowest BCUT2D eigenvalue weighted by Crippen LogP contribution is -2.34. The van der Waals surface area contributed by atoms with Crippen LogP contribution in [-0.4, -0.2) is 36.2 Å². The zero-order chi connectivity index (χ0) is 13.6. The third-order valence-electron chi connectivity index (χ3n) is 4.74. The van der Waals surface area contributed by atoms with Crippen LogP contribution in [0.3, 0.4) is 0 Å². The van der Waals surface area contributed by atoms with Crippen LogP contribution in [0.1, 0.15) is 48.4 Å². The Morgan fingerprint density at radius 1 is 1.32 bits per heavy atom. The number of phenolic OH excluding ortho intramolecular Hbond substituents is 1. The largest absolute Gasteiger partial charge is 0.508 e. The molecule has 3 heteroatoms. The normalized spacial score (nSPS) is 30.8. The number of aryl methyl sites for hydroxylation is 1. The minimum absolute atomic E-state index is 0.321. The first-order valence-electron chi connectivity index (χ1n) is 7.33. The third-order valence-corrected chi connectivity index (χ3v) is 4.74. The predicted molar refractivity (Wildman–Crippen MR) is 77.7 cm³/mol. The molecule has 1 aromatic carbocycles. The molecule has 3 rings (SSSR count). The Labute approximate surface area is 115 Å². The highest BCUT2D eigenvalue weighted by Crippen LogP contribution is 2.46. The van der Waals surface area contributed by atoms with Gasteiger partial charge in [0.2, 0.25) is 0 Å².